The van der Waals surface area contributed by atoms with Crippen molar-refractivity contribution in [3.63, 3.8) is 0 Å². The van der Waals surface area contributed by atoms with Crippen LogP contribution in [-0.4, -0.2) is 124 Å². The number of aromatic amines is 1. The summed E-state index contributed by atoms with van der Waals surface area (Å²) < 4.78 is 32.4. The van der Waals surface area contributed by atoms with E-state index in [-0.39, 0.29) is 37.8 Å². The van der Waals surface area contributed by atoms with E-state index in [1.807, 2.05) is 30.3 Å². The highest BCUT2D eigenvalue weighted by Gasteiger charge is 2.34. The van der Waals surface area contributed by atoms with Crippen LogP contribution in [0.1, 0.15) is 104 Å². The Kier molecular flexibility index (Phi) is 18.0. The fourth-order valence-electron chi connectivity index (χ4n) is 7.38. The maximum atomic E-state index is 14.3. The molecule has 0 unspecified atom stereocenters. The standard InChI is InChI=1S/C41H66N8O9S/c1-27(2)59(56,57)44-25-32(50)23-36(51)33(20-28-12-8-6-9-13-28)46-38(53)35(22-31-24-42-26-43-31)47-37(52)34(21-29-14-10-7-11-15-29)48-39(54)49-18-16-30(17-19-49)45-40(55)58-41(3,4)5/h7,10-11,14-15,24,26-28,30,32-36,44,50-51H,6,8-9,12-13,16-23,25H2,1-5H3,(H,42,43)(H,45,55)(H,46,53)(H,47,52)(H,48,54)/t32-,33+,34+,35+,36+/m1/s1. The molecule has 2 aromatic rings. The van der Waals surface area contributed by atoms with Gasteiger partial charge in [-0.25, -0.2) is 27.7 Å². The molecule has 5 amide bonds. The summed E-state index contributed by atoms with van der Waals surface area (Å²) in [6, 6.07) is 5.51. The number of ether oxygens (including phenoxy) is 1. The van der Waals surface area contributed by atoms with Crippen LogP contribution in [0.5, 0.6) is 0 Å². The predicted octanol–water partition coefficient (Wildman–Crippen LogP) is 2.64. The summed E-state index contributed by atoms with van der Waals surface area (Å²) in [5, 5.41) is 33.1. The lowest BCUT2D eigenvalue weighted by molar-refractivity contribution is -0.131. The first kappa shape index (κ1) is 47.4. The van der Waals surface area contributed by atoms with Gasteiger partial charge in [0.05, 0.1) is 29.8 Å². The lowest BCUT2D eigenvalue weighted by Gasteiger charge is -2.34. The number of aliphatic hydroxyl groups is 2. The smallest absolute Gasteiger partial charge is 0.407 e. The highest BCUT2D eigenvalue weighted by molar-refractivity contribution is 7.90. The van der Waals surface area contributed by atoms with Gasteiger partial charge in [-0.3, -0.25) is 9.59 Å². The van der Waals surface area contributed by atoms with E-state index in [1.165, 1.54) is 20.2 Å². The number of carbonyl (C=O) groups is 4. The lowest BCUT2D eigenvalue weighted by Crippen LogP contribution is -2.59. The third-order valence-electron chi connectivity index (χ3n) is 10.8. The first-order chi connectivity index (χ1) is 27.9. The molecule has 1 saturated heterocycles. The van der Waals surface area contributed by atoms with Crippen LogP contribution in [0.3, 0.4) is 0 Å². The Bertz CT molecular complexity index is 1730. The summed E-state index contributed by atoms with van der Waals surface area (Å²) in [4.78, 5) is 63.1. The molecule has 8 N–H and O–H groups in total. The number of nitrogens with zero attached hydrogens (tertiary/aromatic N) is 2. The van der Waals surface area contributed by atoms with E-state index < -0.39 is 75.1 Å². The van der Waals surface area contributed by atoms with Gasteiger partial charge in [-0.1, -0.05) is 62.4 Å². The molecule has 1 aliphatic heterocycles. The first-order valence-corrected chi connectivity index (χ1v) is 22.4. The van der Waals surface area contributed by atoms with Gasteiger partial charge in [0.2, 0.25) is 21.8 Å². The average molecular weight is 847 g/mol. The third kappa shape index (κ3) is 16.4. The SMILES string of the molecule is CC(C)S(=O)(=O)NC[C@H](O)C[C@H](O)[C@H](CC1CCCCC1)NC(=O)[C@H](Cc1cnc[nH]1)NC(=O)[C@H](Cc1ccccc1)NC(=O)N1CCC(NC(=O)OC(C)(C)C)CC1. The van der Waals surface area contributed by atoms with Crippen molar-refractivity contribution in [3.8, 4) is 0 Å². The zero-order valence-corrected chi connectivity index (χ0v) is 35.9. The van der Waals surface area contributed by atoms with Gasteiger partial charge in [-0.2, -0.15) is 0 Å². The van der Waals surface area contributed by atoms with E-state index in [2.05, 4.69) is 36.0 Å². The minimum absolute atomic E-state index is 0.0214. The fourth-order valence-corrected chi connectivity index (χ4v) is 8.14. The van der Waals surface area contributed by atoms with Crippen LogP contribution < -0.4 is 26.0 Å². The predicted molar refractivity (Wildman–Crippen MR) is 222 cm³/mol. The number of rotatable bonds is 19. The number of amides is 5. The van der Waals surface area contributed by atoms with E-state index in [4.69, 9.17) is 4.74 Å². The van der Waals surface area contributed by atoms with Gasteiger partial charge in [0, 0.05) is 56.8 Å². The Morgan fingerprint density at radius 2 is 1.56 bits per heavy atom. The molecule has 2 fully saturated rings. The summed E-state index contributed by atoms with van der Waals surface area (Å²) in [6.07, 6.45) is 6.39. The van der Waals surface area contributed by atoms with E-state index >= 15 is 0 Å². The number of benzene rings is 1. The topological polar surface area (TPSA) is 244 Å². The Morgan fingerprint density at radius 1 is 0.915 bits per heavy atom. The van der Waals surface area contributed by atoms with E-state index in [1.54, 1.807) is 31.9 Å². The van der Waals surface area contributed by atoms with Crippen molar-refractivity contribution in [1.82, 2.24) is 40.9 Å². The lowest BCUT2D eigenvalue weighted by atomic mass is 9.83. The Morgan fingerprint density at radius 3 is 2.17 bits per heavy atom. The first-order valence-electron chi connectivity index (χ1n) is 20.9. The summed E-state index contributed by atoms with van der Waals surface area (Å²) in [5.74, 6) is -0.961. The molecule has 0 radical (unpaired) electrons. The van der Waals surface area contributed by atoms with Crippen molar-refractivity contribution < 1.29 is 42.5 Å². The van der Waals surface area contributed by atoms with Crippen LogP contribution in [0.15, 0.2) is 42.9 Å². The van der Waals surface area contributed by atoms with Crippen LogP contribution in [0, 0.1) is 5.92 Å². The molecule has 5 atom stereocenters. The molecule has 2 heterocycles. The molecule has 4 rings (SSSR count). The highest BCUT2D eigenvalue weighted by Crippen LogP contribution is 2.29. The molecular formula is C41H66N8O9S. The molecular weight excluding hydrogens is 781 g/mol. The maximum Gasteiger partial charge on any atom is 0.407 e. The number of sulfonamides is 1. The summed E-state index contributed by atoms with van der Waals surface area (Å²) in [5.41, 5.74) is 0.708. The van der Waals surface area contributed by atoms with Gasteiger partial charge in [-0.05, 0) is 65.4 Å². The number of nitrogens with one attached hydrogen (secondary N) is 6. The average Bonchev–Trinajstić information content (AvgIpc) is 3.70. The van der Waals surface area contributed by atoms with Gasteiger partial charge in [0.15, 0.2) is 0 Å². The number of carbonyl (C=O) groups excluding carboxylic acids is 4. The molecule has 1 aliphatic carbocycles. The maximum absolute atomic E-state index is 14.3. The zero-order valence-electron chi connectivity index (χ0n) is 35.1. The Hall–Kier alpha value is -4.26. The number of alkyl carbamates (subject to hydrolysis) is 1. The number of imidazole rings is 1. The monoisotopic (exact) mass is 846 g/mol. The van der Waals surface area contributed by atoms with Crippen molar-refractivity contribution >= 4 is 34.0 Å². The van der Waals surface area contributed by atoms with Crippen molar-refractivity contribution in [1.29, 1.82) is 0 Å². The zero-order chi connectivity index (χ0) is 43.2. The number of aromatic nitrogens is 2. The number of aliphatic hydroxyl groups excluding tert-OH is 2. The molecule has 1 aromatic carbocycles. The molecule has 17 nitrogen and oxygen atoms in total. The largest absolute Gasteiger partial charge is 0.444 e. The molecule has 59 heavy (non-hydrogen) atoms. The molecule has 2 aliphatic rings. The van der Waals surface area contributed by atoms with Crippen molar-refractivity contribution in [3.05, 3.63) is 54.1 Å². The molecule has 18 heteroatoms. The molecule has 0 bridgehead atoms. The van der Waals surface area contributed by atoms with Crippen LogP contribution >= 0.6 is 0 Å². The Labute approximate surface area is 348 Å². The number of piperidine rings is 1. The van der Waals surface area contributed by atoms with Gasteiger partial charge in [0.25, 0.3) is 0 Å². The van der Waals surface area contributed by atoms with Gasteiger partial charge in [-0.15, -0.1) is 0 Å². The van der Waals surface area contributed by atoms with Crippen LogP contribution in [-0.2, 0) is 37.2 Å². The summed E-state index contributed by atoms with van der Waals surface area (Å²) in [6.45, 7) is 8.77. The third-order valence-corrected chi connectivity index (χ3v) is 12.6. The number of H-pyrrole nitrogens is 1. The normalized spacial score (nSPS) is 18.3. The molecule has 1 aromatic heterocycles. The van der Waals surface area contributed by atoms with Crippen molar-refractivity contribution in [2.24, 2.45) is 5.92 Å². The fraction of sp³-hybridized carbons (Fsp3) is 0.683. The second-order valence-electron chi connectivity index (χ2n) is 17.2. The minimum Gasteiger partial charge on any atom is -0.444 e. The second-order valence-corrected chi connectivity index (χ2v) is 19.5. The van der Waals surface area contributed by atoms with Gasteiger partial charge >= 0.3 is 12.1 Å². The molecule has 1 saturated carbocycles. The quantitative estimate of drug-likeness (QED) is 0.103. The van der Waals surface area contributed by atoms with Gasteiger partial charge in [0.1, 0.15) is 17.7 Å². The number of likely N-dealkylation sites (tertiary alicyclic amines) is 1. The summed E-state index contributed by atoms with van der Waals surface area (Å²) >= 11 is 0. The van der Waals surface area contributed by atoms with Crippen molar-refractivity contribution in [2.75, 3.05) is 19.6 Å². The Balaban J connectivity index is 1.48. The minimum atomic E-state index is -3.65. The summed E-state index contributed by atoms with van der Waals surface area (Å²) in [7, 11) is -3.65. The number of hydrogen-bond donors (Lipinski definition) is 8. The van der Waals surface area contributed by atoms with Crippen LogP contribution in [0.4, 0.5) is 9.59 Å². The molecule has 330 valence electrons. The van der Waals surface area contributed by atoms with E-state index in [0.29, 0.717) is 38.0 Å². The number of hydrogen-bond acceptors (Lipinski definition) is 10. The highest BCUT2D eigenvalue weighted by atomic mass is 32.2. The van der Waals surface area contributed by atoms with Crippen LogP contribution in [0.25, 0.3) is 0 Å². The van der Waals surface area contributed by atoms with Crippen molar-refractivity contribution in [2.45, 2.75) is 152 Å². The second kappa shape index (κ2) is 22.4. The van der Waals surface area contributed by atoms with E-state index in [0.717, 1.165) is 37.7 Å². The van der Waals surface area contributed by atoms with E-state index in [9.17, 15) is 37.8 Å². The number of urea groups is 1. The molecule has 0 spiro atoms. The van der Waals surface area contributed by atoms with Crippen LogP contribution in [0.2, 0.25) is 0 Å². The van der Waals surface area contributed by atoms with Gasteiger partial charge < -0.3 is 46.1 Å².